The molecule has 3 N–H and O–H groups in total. The maximum Gasteiger partial charge on any atom is 0.257 e. The summed E-state index contributed by atoms with van der Waals surface area (Å²) in [7, 11) is -3.75. The van der Waals surface area contributed by atoms with E-state index in [1.807, 2.05) is 0 Å². The van der Waals surface area contributed by atoms with Gasteiger partial charge in [-0.1, -0.05) is 12.8 Å². The zero-order chi connectivity index (χ0) is 15.5. The summed E-state index contributed by atoms with van der Waals surface area (Å²) in [6, 6.07) is -0.202. The summed E-state index contributed by atoms with van der Waals surface area (Å²) in [4.78, 5) is -0.0931. The number of hydrogen-bond acceptors (Lipinski definition) is 4. The second kappa shape index (κ2) is 8.19. The minimum absolute atomic E-state index is 0. The fraction of sp³-hybridized carbons (Fsp3) is 0.750. The molecule has 0 bridgehead atoms. The Bertz CT molecular complexity index is 567. The first kappa shape index (κ1) is 19.3. The summed E-state index contributed by atoms with van der Waals surface area (Å²) in [5.74, 6) is 0.115. The molecule has 2 unspecified atom stereocenters. The molecule has 0 amide bonds. The molecule has 1 saturated carbocycles. The van der Waals surface area contributed by atoms with Crippen LogP contribution in [0, 0.1) is 5.92 Å². The Kier molecular flexibility index (Phi) is 7.17. The van der Waals surface area contributed by atoms with Gasteiger partial charge < -0.3 is 5.73 Å². The second-order valence-electron chi connectivity index (χ2n) is 5.30. The molecule has 1 fully saturated rings. The van der Waals surface area contributed by atoms with Gasteiger partial charge in [0.1, 0.15) is 11.4 Å². The maximum absolute atomic E-state index is 12.3. The first-order chi connectivity index (χ1) is 9.92. The van der Waals surface area contributed by atoms with Gasteiger partial charge in [-0.2, -0.15) is 5.10 Å². The summed E-state index contributed by atoms with van der Waals surface area (Å²) in [5, 5.41) is 3.65. The van der Waals surface area contributed by atoms with Gasteiger partial charge in [-0.25, -0.2) is 21.9 Å². The number of nitrogens with two attached hydrogens (primary N) is 1. The van der Waals surface area contributed by atoms with Gasteiger partial charge in [0.2, 0.25) is 10.0 Å². The van der Waals surface area contributed by atoms with Crippen molar-refractivity contribution < 1.29 is 17.2 Å². The van der Waals surface area contributed by atoms with Gasteiger partial charge in [0.25, 0.3) is 6.43 Å². The zero-order valence-corrected chi connectivity index (χ0v) is 13.6. The van der Waals surface area contributed by atoms with Crippen LogP contribution in [-0.2, 0) is 16.6 Å². The second-order valence-corrected chi connectivity index (χ2v) is 7.01. The number of sulfonamides is 1. The third-order valence-corrected chi connectivity index (χ3v) is 5.21. The zero-order valence-electron chi connectivity index (χ0n) is 12.0. The molecule has 2 rings (SSSR count). The molecule has 0 spiro atoms. The molecule has 0 aliphatic heterocycles. The quantitative estimate of drug-likeness (QED) is 0.803. The van der Waals surface area contributed by atoms with Crippen LogP contribution >= 0.6 is 12.4 Å². The number of rotatable bonds is 6. The SMILES string of the molecule is Cl.NCC1CCCCC1NS(=O)(=O)c1cnn(CC(F)F)c1. The molecular weight excluding hydrogens is 338 g/mol. The van der Waals surface area contributed by atoms with Crippen LogP contribution in [0.3, 0.4) is 0 Å². The fourth-order valence-electron chi connectivity index (χ4n) is 2.64. The number of hydrogen-bond donors (Lipinski definition) is 2. The van der Waals surface area contributed by atoms with Crippen molar-refractivity contribution >= 4 is 22.4 Å². The highest BCUT2D eigenvalue weighted by molar-refractivity contribution is 7.89. The fourth-order valence-corrected chi connectivity index (χ4v) is 3.93. The molecule has 0 saturated heterocycles. The average Bonchev–Trinajstić information content (AvgIpc) is 2.87. The number of aromatic nitrogens is 2. The molecule has 0 radical (unpaired) electrons. The van der Waals surface area contributed by atoms with Crippen LogP contribution in [0.1, 0.15) is 25.7 Å². The van der Waals surface area contributed by atoms with Crippen molar-refractivity contribution in [3.05, 3.63) is 12.4 Å². The van der Waals surface area contributed by atoms with E-state index in [0.29, 0.717) is 6.54 Å². The summed E-state index contributed by atoms with van der Waals surface area (Å²) in [5.41, 5.74) is 5.68. The van der Waals surface area contributed by atoms with Gasteiger partial charge in [-0.05, 0) is 25.3 Å². The molecule has 1 aliphatic rings. The highest BCUT2D eigenvalue weighted by atomic mass is 35.5. The van der Waals surface area contributed by atoms with Crippen LogP contribution in [-0.4, -0.2) is 37.2 Å². The first-order valence-electron chi connectivity index (χ1n) is 6.95. The van der Waals surface area contributed by atoms with E-state index in [-0.39, 0.29) is 29.3 Å². The van der Waals surface area contributed by atoms with Crippen LogP contribution in [0.5, 0.6) is 0 Å². The van der Waals surface area contributed by atoms with Crippen LogP contribution in [0.15, 0.2) is 17.3 Å². The number of alkyl halides is 2. The highest BCUT2D eigenvalue weighted by Gasteiger charge is 2.29. The molecule has 1 aromatic heterocycles. The van der Waals surface area contributed by atoms with E-state index in [1.54, 1.807) is 0 Å². The third kappa shape index (κ3) is 4.87. The molecule has 1 heterocycles. The molecule has 0 aromatic carbocycles. The average molecular weight is 359 g/mol. The maximum atomic E-state index is 12.3. The number of nitrogens with one attached hydrogen (secondary N) is 1. The van der Waals surface area contributed by atoms with Crippen LogP contribution in [0.4, 0.5) is 8.78 Å². The Morgan fingerprint density at radius 3 is 2.73 bits per heavy atom. The molecule has 128 valence electrons. The Balaban J connectivity index is 0.00000242. The van der Waals surface area contributed by atoms with Gasteiger partial charge in [-0.3, -0.25) is 4.68 Å². The lowest BCUT2D eigenvalue weighted by Gasteiger charge is -2.30. The van der Waals surface area contributed by atoms with Crippen LogP contribution in [0.25, 0.3) is 0 Å². The van der Waals surface area contributed by atoms with Crippen molar-refractivity contribution in [3.8, 4) is 0 Å². The van der Waals surface area contributed by atoms with E-state index >= 15 is 0 Å². The van der Waals surface area contributed by atoms with E-state index in [1.165, 1.54) is 0 Å². The van der Waals surface area contributed by atoms with Crippen LogP contribution in [0.2, 0.25) is 0 Å². The molecule has 1 aliphatic carbocycles. The van der Waals surface area contributed by atoms with Crippen molar-refractivity contribution in [1.29, 1.82) is 0 Å². The van der Waals surface area contributed by atoms with Gasteiger partial charge in [0.15, 0.2) is 0 Å². The summed E-state index contributed by atoms with van der Waals surface area (Å²) in [6.45, 7) is -0.192. The van der Waals surface area contributed by atoms with Crippen molar-refractivity contribution in [2.24, 2.45) is 11.7 Å². The van der Waals surface area contributed by atoms with E-state index in [4.69, 9.17) is 5.73 Å². The Hall–Kier alpha value is -0.770. The molecule has 2 atom stereocenters. The minimum atomic E-state index is -3.75. The van der Waals surface area contributed by atoms with Gasteiger partial charge >= 0.3 is 0 Å². The molecule has 1 aromatic rings. The predicted octanol–water partition coefficient (Wildman–Crippen LogP) is 1.37. The Morgan fingerprint density at radius 2 is 2.09 bits per heavy atom. The normalized spacial score (nSPS) is 22.5. The van der Waals surface area contributed by atoms with E-state index in [2.05, 4.69) is 9.82 Å². The summed E-state index contributed by atoms with van der Waals surface area (Å²) >= 11 is 0. The van der Waals surface area contributed by atoms with E-state index in [0.717, 1.165) is 42.8 Å². The van der Waals surface area contributed by atoms with Crippen molar-refractivity contribution in [1.82, 2.24) is 14.5 Å². The lowest BCUT2D eigenvalue weighted by atomic mass is 9.85. The molecule has 10 heteroatoms. The lowest BCUT2D eigenvalue weighted by Crippen LogP contribution is -2.44. The van der Waals surface area contributed by atoms with E-state index in [9.17, 15) is 17.2 Å². The first-order valence-corrected chi connectivity index (χ1v) is 8.43. The Morgan fingerprint density at radius 1 is 1.41 bits per heavy atom. The highest BCUT2D eigenvalue weighted by Crippen LogP contribution is 2.25. The predicted molar refractivity (Wildman–Crippen MR) is 80.6 cm³/mol. The molecular formula is C12H21ClF2N4O2S. The van der Waals surface area contributed by atoms with Gasteiger partial charge in [0, 0.05) is 12.2 Å². The number of halogens is 3. The Labute approximate surface area is 134 Å². The minimum Gasteiger partial charge on any atom is -0.330 e. The summed E-state index contributed by atoms with van der Waals surface area (Å²) < 4.78 is 52.6. The monoisotopic (exact) mass is 358 g/mol. The van der Waals surface area contributed by atoms with Gasteiger partial charge in [0.05, 0.1) is 6.20 Å². The van der Waals surface area contributed by atoms with Crippen molar-refractivity contribution in [3.63, 3.8) is 0 Å². The molecule has 6 nitrogen and oxygen atoms in total. The number of nitrogens with zero attached hydrogens (tertiary/aromatic N) is 2. The topological polar surface area (TPSA) is 90.0 Å². The smallest absolute Gasteiger partial charge is 0.257 e. The summed E-state index contributed by atoms with van der Waals surface area (Å²) in [6.07, 6.45) is 3.27. The van der Waals surface area contributed by atoms with Crippen molar-refractivity contribution in [2.45, 2.75) is 49.6 Å². The van der Waals surface area contributed by atoms with Crippen molar-refractivity contribution in [2.75, 3.05) is 6.54 Å². The standard InChI is InChI=1S/C12H20F2N4O2S.ClH/c13-12(14)8-18-7-10(6-16-18)21(19,20)17-11-4-2-1-3-9(11)5-15;/h6-7,9,11-12,17H,1-5,8,15H2;1H. The van der Waals surface area contributed by atoms with E-state index < -0.39 is 23.0 Å². The molecule has 22 heavy (non-hydrogen) atoms. The third-order valence-electron chi connectivity index (χ3n) is 3.76. The lowest BCUT2D eigenvalue weighted by molar-refractivity contribution is 0.121. The van der Waals surface area contributed by atoms with Crippen LogP contribution < -0.4 is 10.5 Å². The van der Waals surface area contributed by atoms with Gasteiger partial charge in [-0.15, -0.1) is 12.4 Å². The largest absolute Gasteiger partial charge is 0.330 e.